The lowest BCUT2D eigenvalue weighted by molar-refractivity contribution is 0.0987. The average Bonchev–Trinajstić information content (AvgIpc) is 3.02. The van der Waals surface area contributed by atoms with Crippen LogP contribution in [-0.2, 0) is 20.0 Å². The van der Waals surface area contributed by atoms with Crippen molar-refractivity contribution in [1.29, 1.82) is 0 Å². The fourth-order valence-corrected chi connectivity index (χ4v) is 2.59. The van der Waals surface area contributed by atoms with Gasteiger partial charge in [0.15, 0.2) is 5.78 Å². The average molecular weight is 346 g/mol. The minimum Gasteiger partial charge on any atom is -0.382 e. The van der Waals surface area contributed by atoms with Crippen LogP contribution < -0.4 is 11.1 Å². The van der Waals surface area contributed by atoms with Crippen LogP contribution in [0, 0.1) is 6.57 Å². The summed E-state index contributed by atoms with van der Waals surface area (Å²) < 4.78 is 1.42. The summed E-state index contributed by atoms with van der Waals surface area (Å²) in [7, 11) is 1.65. The summed E-state index contributed by atoms with van der Waals surface area (Å²) in [5.74, 6) is 0.682. The molecular weight excluding hydrogens is 328 g/mol. The molecule has 3 rings (SSSR count). The van der Waals surface area contributed by atoms with Gasteiger partial charge in [0.05, 0.1) is 12.7 Å². The number of aryl methyl sites for hydroxylation is 1. The van der Waals surface area contributed by atoms with E-state index < -0.39 is 0 Å². The van der Waals surface area contributed by atoms with Gasteiger partial charge in [-0.3, -0.25) is 4.79 Å². The van der Waals surface area contributed by atoms with Crippen molar-refractivity contribution in [3.63, 3.8) is 0 Å². The van der Waals surface area contributed by atoms with Crippen molar-refractivity contribution in [3.8, 4) is 0 Å². The summed E-state index contributed by atoms with van der Waals surface area (Å²) in [6.45, 7) is 7.63. The van der Waals surface area contributed by atoms with E-state index in [0.29, 0.717) is 23.9 Å². The molecule has 0 fully saturated rings. The Kier molecular flexibility index (Phi) is 4.94. The number of nitrogen functional groups attached to an aromatic ring is 1. The number of hydrogen-bond acceptors (Lipinski definition) is 5. The van der Waals surface area contributed by atoms with Crippen LogP contribution in [0.25, 0.3) is 4.85 Å². The third kappa shape index (κ3) is 3.87. The zero-order chi connectivity index (χ0) is 18.5. The largest absolute Gasteiger partial charge is 0.382 e. The number of nitrogens with one attached hydrogen (secondary N) is 1. The molecule has 1 aromatic carbocycles. The molecule has 130 valence electrons. The molecule has 7 nitrogen and oxygen atoms in total. The minimum absolute atomic E-state index is 0.114. The molecule has 0 amide bonds. The van der Waals surface area contributed by atoms with E-state index in [4.69, 9.17) is 12.3 Å². The summed E-state index contributed by atoms with van der Waals surface area (Å²) in [4.78, 5) is 19.8. The van der Waals surface area contributed by atoms with E-state index in [-0.39, 0.29) is 12.2 Å². The van der Waals surface area contributed by atoms with E-state index in [1.165, 1.54) is 10.7 Å². The van der Waals surface area contributed by atoms with Crippen LogP contribution in [0.15, 0.2) is 48.7 Å². The highest BCUT2D eigenvalue weighted by Gasteiger charge is 2.14. The lowest BCUT2D eigenvalue weighted by Crippen LogP contribution is -2.07. The highest BCUT2D eigenvalue weighted by Crippen LogP contribution is 2.17. The second-order valence-corrected chi connectivity index (χ2v) is 5.83. The van der Waals surface area contributed by atoms with Gasteiger partial charge < -0.3 is 15.9 Å². The fraction of sp³-hybridized carbons (Fsp3) is 0.158. The number of benzene rings is 1. The molecular formula is C19H18N6O. The van der Waals surface area contributed by atoms with Crippen molar-refractivity contribution in [3.05, 3.63) is 76.9 Å². The zero-order valence-electron chi connectivity index (χ0n) is 14.3. The van der Waals surface area contributed by atoms with Crippen LogP contribution in [0.1, 0.15) is 21.6 Å². The lowest BCUT2D eigenvalue weighted by Gasteiger charge is -2.09. The van der Waals surface area contributed by atoms with Crippen LogP contribution in [0.5, 0.6) is 0 Å². The first-order valence-electron chi connectivity index (χ1n) is 8.03. The topological polar surface area (TPSA) is 90.2 Å². The molecule has 0 radical (unpaired) electrons. The Morgan fingerprint density at radius 3 is 2.81 bits per heavy atom. The van der Waals surface area contributed by atoms with Crippen LogP contribution in [0.2, 0.25) is 0 Å². The van der Waals surface area contributed by atoms with Crippen molar-refractivity contribution >= 4 is 23.1 Å². The highest BCUT2D eigenvalue weighted by atomic mass is 16.1. The van der Waals surface area contributed by atoms with Gasteiger partial charge in [-0.05, 0) is 29.3 Å². The van der Waals surface area contributed by atoms with Gasteiger partial charge in [-0.25, -0.2) is 9.67 Å². The van der Waals surface area contributed by atoms with Crippen molar-refractivity contribution in [2.24, 2.45) is 7.05 Å². The molecule has 0 bridgehead atoms. The van der Waals surface area contributed by atoms with E-state index in [2.05, 4.69) is 20.2 Å². The molecule has 0 saturated heterocycles. The standard InChI is InChI=1S/C19H18N6O/c1-21-18-11-16(24-25(18)2)17(26)10-13-5-3-6-14(9-13)12-23-15-7-4-8-22-19(15)20/h3-9,11,23H,10,12H2,2H3,(H2,20,22). The Hall–Kier alpha value is -3.66. The highest BCUT2D eigenvalue weighted by molar-refractivity contribution is 5.96. The molecule has 0 aliphatic rings. The van der Waals surface area contributed by atoms with Crippen LogP contribution in [0.4, 0.5) is 17.3 Å². The second kappa shape index (κ2) is 7.49. The zero-order valence-corrected chi connectivity index (χ0v) is 14.3. The molecule has 7 heteroatoms. The molecule has 3 aromatic rings. The summed E-state index contributed by atoms with van der Waals surface area (Å²) in [6.07, 6.45) is 1.88. The van der Waals surface area contributed by atoms with Gasteiger partial charge in [-0.2, -0.15) is 0 Å². The Morgan fingerprint density at radius 1 is 1.27 bits per heavy atom. The maximum absolute atomic E-state index is 12.4. The third-order valence-electron chi connectivity index (χ3n) is 3.93. The number of nitrogens with zero attached hydrogens (tertiary/aromatic N) is 4. The molecule has 0 aliphatic heterocycles. The number of pyridine rings is 1. The molecule has 0 atom stereocenters. The number of rotatable bonds is 6. The van der Waals surface area contributed by atoms with Gasteiger partial charge in [0, 0.05) is 19.2 Å². The van der Waals surface area contributed by atoms with Crippen molar-refractivity contribution in [2.75, 3.05) is 11.1 Å². The van der Waals surface area contributed by atoms with E-state index >= 15 is 0 Å². The summed E-state index contributed by atoms with van der Waals surface area (Å²) in [5.41, 5.74) is 8.83. The molecule has 0 spiro atoms. The van der Waals surface area contributed by atoms with Gasteiger partial charge in [0.1, 0.15) is 11.5 Å². The number of carbonyl (C=O) groups excluding carboxylic acids is 1. The van der Waals surface area contributed by atoms with Crippen molar-refractivity contribution in [2.45, 2.75) is 13.0 Å². The van der Waals surface area contributed by atoms with Gasteiger partial charge in [-0.15, -0.1) is 0 Å². The monoisotopic (exact) mass is 346 g/mol. The van der Waals surface area contributed by atoms with E-state index in [1.54, 1.807) is 13.2 Å². The minimum atomic E-state index is -0.114. The Bertz CT molecular complexity index is 986. The third-order valence-corrected chi connectivity index (χ3v) is 3.93. The Morgan fingerprint density at radius 2 is 2.08 bits per heavy atom. The summed E-state index contributed by atoms with van der Waals surface area (Å²) in [6, 6.07) is 13.0. The molecule has 0 unspecified atom stereocenters. The first kappa shape index (κ1) is 17.2. The Balaban J connectivity index is 1.68. The number of ketones is 1. The quantitative estimate of drug-likeness (QED) is 0.529. The predicted molar refractivity (Wildman–Crippen MR) is 99.9 cm³/mol. The smallest absolute Gasteiger partial charge is 0.252 e. The lowest BCUT2D eigenvalue weighted by atomic mass is 10.0. The van der Waals surface area contributed by atoms with Gasteiger partial charge >= 0.3 is 0 Å². The number of aromatic nitrogens is 3. The number of hydrogen-bond donors (Lipinski definition) is 2. The number of anilines is 2. The van der Waals surface area contributed by atoms with Gasteiger partial charge in [-0.1, -0.05) is 35.9 Å². The first-order chi connectivity index (χ1) is 12.6. The number of carbonyl (C=O) groups is 1. The molecule has 3 N–H and O–H groups in total. The predicted octanol–water partition coefficient (Wildman–Crippen LogP) is 2.99. The van der Waals surface area contributed by atoms with Gasteiger partial charge in [0.25, 0.3) is 5.82 Å². The van der Waals surface area contributed by atoms with Gasteiger partial charge in [0.2, 0.25) is 0 Å². The SMILES string of the molecule is [C-]#[N+]c1cc(C(=O)Cc2cccc(CNc3cccnc3N)c2)nn1C. The Labute approximate surface area is 151 Å². The van der Waals surface area contributed by atoms with Crippen LogP contribution in [-0.4, -0.2) is 20.5 Å². The van der Waals surface area contributed by atoms with Crippen LogP contribution >= 0.6 is 0 Å². The van der Waals surface area contributed by atoms with E-state index in [1.807, 2.05) is 36.4 Å². The summed E-state index contributed by atoms with van der Waals surface area (Å²) >= 11 is 0. The molecule has 2 aromatic heterocycles. The van der Waals surface area contributed by atoms with Crippen LogP contribution in [0.3, 0.4) is 0 Å². The molecule has 2 heterocycles. The van der Waals surface area contributed by atoms with E-state index in [0.717, 1.165) is 16.8 Å². The molecule has 0 saturated carbocycles. The molecule has 0 aliphatic carbocycles. The number of nitrogens with two attached hydrogens (primary N) is 1. The second-order valence-electron chi connectivity index (χ2n) is 5.83. The maximum Gasteiger partial charge on any atom is 0.252 e. The summed E-state index contributed by atoms with van der Waals surface area (Å²) in [5, 5.41) is 7.34. The van der Waals surface area contributed by atoms with Crippen molar-refractivity contribution < 1.29 is 4.79 Å². The normalized spacial score (nSPS) is 10.3. The maximum atomic E-state index is 12.4. The number of Topliss-reactive ketones (excluding diaryl/α,β-unsaturated/α-hetero) is 1. The van der Waals surface area contributed by atoms with Crippen molar-refractivity contribution in [1.82, 2.24) is 14.8 Å². The molecule has 26 heavy (non-hydrogen) atoms. The fourth-order valence-electron chi connectivity index (χ4n) is 2.59. The van der Waals surface area contributed by atoms with E-state index in [9.17, 15) is 4.79 Å². The first-order valence-corrected chi connectivity index (χ1v) is 8.03.